The van der Waals surface area contributed by atoms with E-state index in [9.17, 15) is 14.4 Å². The number of carbonyl (C=O) groups excluding carboxylic acids is 3. The van der Waals surface area contributed by atoms with Crippen molar-refractivity contribution in [3.05, 3.63) is 35.4 Å². The van der Waals surface area contributed by atoms with Crippen molar-refractivity contribution >= 4 is 17.7 Å². The first-order valence-corrected chi connectivity index (χ1v) is 9.93. The Morgan fingerprint density at radius 3 is 2.30 bits per heavy atom. The molecule has 3 aliphatic heterocycles. The van der Waals surface area contributed by atoms with Crippen LogP contribution in [0.4, 0.5) is 0 Å². The van der Waals surface area contributed by atoms with Gasteiger partial charge < -0.3 is 14.7 Å². The van der Waals surface area contributed by atoms with Crippen molar-refractivity contribution in [2.24, 2.45) is 0 Å². The molecular weight excluding hydrogens is 342 g/mol. The number of amides is 3. The lowest BCUT2D eigenvalue weighted by molar-refractivity contribution is -0.135. The SMILES string of the molecule is CC(=O)N1CCC(CC(=O)N2CCCC2)(N2Cc3ccccc3C2=O)CC1. The maximum absolute atomic E-state index is 13.1. The van der Waals surface area contributed by atoms with Crippen LogP contribution in [0.3, 0.4) is 0 Å². The minimum absolute atomic E-state index is 0.0242. The summed E-state index contributed by atoms with van der Waals surface area (Å²) in [6, 6.07) is 7.71. The molecule has 3 aliphatic rings. The van der Waals surface area contributed by atoms with Crippen LogP contribution in [-0.2, 0) is 16.1 Å². The van der Waals surface area contributed by atoms with Crippen LogP contribution in [0.15, 0.2) is 24.3 Å². The van der Waals surface area contributed by atoms with Gasteiger partial charge in [0.15, 0.2) is 0 Å². The van der Waals surface area contributed by atoms with Gasteiger partial charge in [-0.3, -0.25) is 14.4 Å². The molecule has 2 saturated heterocycles. The monoisotopic (exact) mass is 369 g/mol. The summed E-state index contributed by atoms with van der Waals surface area (Å²) in [5.74, 6) is 0.231. The molecule has 0 unspecified atom stereocenters. The van der Waals surface area contributed by atoms with Crippen LogP contribution in [0.2, 0.25) is 0 Å². The Kier molecular flexibility index (Phi) is 4.66. The molecule has 0 atom stereocenters. The molecule has 1 aromatic carbocycles. The van der Waals surface area contributed by atoms with Gasteiger partial charge in [-0.25, -0.2) is 0 Å². The molecule has 3 heterocycles. The van der Waals surface area contributed by atoms with Gasteiger partial charge in [-0.05, 0) is 37.3 Å². The summed E-state index contributed by atoms with van der Waals surface area (Å²) in [5, 5.41) is 0. The highest BCUT2D eigenvalue weighted by Gasteiger charge is 2.47. The van der Waals surface area contributed by atoms with E-state index in [1.54, 1.807) is 6.92 Å². The fraction of sp³-hybridized carbons (Fsp3) is 0.571. The number of hydrogen-bond donors (Lipinski definition) is 0. The third-order valence-corrected chi connectivity index (χ3v) is 6.47. The zero-order valence-electron chi connectivity index (χ0n) is 15.9. The molecule has 0 spiro atoms. The van der Waals surface area contributed by atoms with Gasteiger partial charge in [-0.1, -0.05) is 18.2 Å². The van der Waals surface area contributed by atoms with Gasteiger partial charge in [-0.2, -0.15) is 0 Å². The van der Waals surface area contributed by atoms with Gasteiger partial charge in [0.25, 0.3) is 5.91 Å². The van der Waals surface area contributed by atoms with E-state index < -0.39 is 5.54 Å². The lowest BCUT2D eigenvalue weighted by Crippen LogP contribution is -2.58. The number of rotatable bonds is 3. The summed E-state index contributed by atoms with van der Waals surface area (Å²) in [4.78, 5) is 43.6. The van der Waals surface area contributed by atoms with Crippen LogP contribution in [0, 0.1) is 0 Å². The first kappa shape index (κ1) is 18.0. The number of nitrogens with zero attached hydrogens (tertiary/aromatic N) is 3. The highest BCUT2D eigenvalue weighted by molar-refractivity contribution is 5.99. The molecule has 0 saturated carbocycles. The molecule has 6 heteroatoms. The summed E-state index contributed by atoms with van der Waals surface area (Å²) >= 11 is 0. The molecule has 0 N–H and O–H groups in total. The highest BCUT2D eigenvalue weighted by atomic mass is 16.2. The molecule has 0 aromatic heterocycles. The molecule has 0 aliphatic carbocycles. The molecule has 0 radical (unpaired) electrons. The molecule has 4 rings (SSSR count). The number of likely N-dealkylation sites (tertiary alicyclic amines) is 2. The number of hydrogen-bond acceptors (Lipinski definition) is 3. The van der Waals surface area contributed by atoms with E-state index in [-0.39, 0.29) is 17.7 Å². The van der Waals surface area contributed by atoms with Crippen molar-refractivity contribution < 1.29 is 14.4 Å². The fourth-order valence-electron chi connectivity index (χ4n) is 4.78. The molecule has 27 heavy (non-hydrogen) atoms. The van der Waals surface area contributed by atoms with Gasteiger partial charge in [-0.15, -0.1) is 0 Å². The maximum atomic E-state index is 13.1. The first-order valence-electron chi connectivity index (χ1n) is 9.93. The normalized spacial score (nSPS) is 21.5. The molecule has 144 valence electrons. The van der Waals surface area contributed by atoms with Gasteiger partial charge in [0.2, 0.25) is 11.8 Å². The lowest BCUT2D eigenvalue weighted by Gasteiger charge is -2.47. The summed E-state index contributed by atoms with van der Waals surface area (Å²) < 4.78 is 0. The second-order valence-corrected chi connectivity index (χ2v) is 8.04. The van der Waals surface area contributed by atoms with Crippen molar-refractivity contribution in [1.82, 2.24) is 14.7 Å². The molecule has 3 amide bonds. The van der Waals surface area contributed by atoms with E-state index in [4.69, 9.17) is 0 Å². The third-order valence-electron chi connectivity index (χ3n) is 6.47. The van der Waals surface area contributed by atoms with Crippen LogP contribution in [0.5, 0.6) is 0 Å². The van der Waals surface area contributed by atoms with Gasteiger partial charge in [0, 0.05) is 45.2 Å². The van der Waals surface area contributed by atoms with E-state index in [1.165, 1.54) is 0 Å². The average molecular weight is 369 g/mol. The van der Waals surface area contributed by atoms with E-state index in [0.29, 0.717) is 38.9 Å². The maximum Gasteiger partial charge on any atom is 0.254 e. The molecule has 0 bridgehead atoms. The Labute approximate surface area is 160 Å². The quantitative estimate of drug-likeness (QED) is 0.819. The highest BCUT2D eigenvalue weighted by Crippen LogP contribution is 2.39. The van der Waals surface area contributed by atoms with E-state index in [2.05, 4.69) is 0 Å². The fourth-order valence-corrected chi connectivity index (χ4v) is 4.78. The standard InChI is InChI=1S/C21H27N3O3/c1-16(25)22-12-8-21(9-13-22,14-19(26)23-10-4-5-11-23)24-15-17-6-2-3-7-18(17)20(24)27/h2-3,6-7H,4-5,8-15H2,1H3. The summed E-state index contributed by atoms with van der Waals surface area (Å²) in [6.45, 7) is 4.98. The van der Waals surface area contributed by atoms with Crippen molar-refractivity contribution in [3.8, 4) is 0 Å². The molecular formula is C21H27N3O3. The van der Waals surface area contributed by atoms with E-state index >= 15 is 0 Å². The predicted molar refractivity (Wildman–Crippen MR) is 101 cm³/mol. The summed E-state index contributed by atoms with van der Waals surface area (Å²) in [6.07, 6.45) is 3.80. The van der Waals surface area contributed by atoms with Crippen molar-refractivity contribution in [3.63, 3.8) is 0 Å². The second kappa shape index (κ2) is 6.98. The minimum atomic E-state index is -0.498. The van der Waals surface area contributed by atoms with Gasteiger partial charge in [0.1, 0.15) is 0 Å². The first-order chi connectivity index (χ1) is 13.0. The summed E-state index contributed by atoms with van der Waals surface area (Å²) in [5.41, 5.74) is 1.28. The van der Waals surface area contributed by atoms with Gasteiger partial charge in [0.05, 0.1) is 12.0 Å². The van der Waals surface area contributed by atoms with Crippen LogP contribution in [-0.4, -0.2) is 64.1 Å². The zero-order valence-corrected chi connectivity index (χ0v) is 15.9. The van der Waals surface area contributed by atoms with Gasteiger partial charge >= 0.3 is 0 Å². The zero-order chi connectivity index (χ0) is 19.0. The number of carbonyl (C=O) groups is 3. The summed E-state index contributed by atoms with van der Waals surface area (Å²) in [7, 11) is 0. The topological polar surface area (TPSA) is 60.9 Å². The Bertz CT molecular complexity index is 762. The number of fused-ring (bicyclic) bond motifs is 1. The van der Waals surface area contributed by atoms with Crippen molar-refractivity contribution in [2.75, 3.05) is 26.2 Å². The molecule has 6 nitrogen and oxygen atoms in total. The van der Waals surface area contributed by atoms with Crippen LogP contribution in [0.1, 0.15) is 54.9 Å². The lowest BCUT2D eigenvalue weighted by atomic mass is 9.82. The smallest absolute Gasteiger partial charge is 0.254 e. The third kappa shape index (κ3) is 3.22. The molecule has 1 aromatic rings. The Morgan fingerprint density at radius 2 is 1.67 bits per heavy atom. The molecule has 2 fully saturated rings. The Hall–Kier alpha value is -2.37. The van der Waals surface area contributed by atoms with E-state index in [1.807, 2.05) is 39.0 Å². The minimum Gasteiger partial charge on any atom is -0.343 e. The Balaban J connectivity index is 1.60. The second-order valence-electron chi connectivity index (χ2n) is 8.04. The average Bonchev–Trinajstić information content (AvgIpc) is 3.31. The Morgan fingerprint density at radius 1 is 1.00 bits per heavy atom. The van der Waals surface area contributed by atoms with Crippen LogP contribution in [0.25, 0.3) is 0 Å². The number of benzene rings is 1. The van der Waals surface area contributed by atoms with Crippen molar-refractivity contribution in [1.29, 1.82) is 0 Å². The van der Waals surface area contributed by atoms with Crippen LogP contribution >= 0.6 is 0 Å². The largest absolute Gasteiger partial charge is 0.343 e. The number of piperidine rings is 1. The van der Waals surface area contributed by atoms with Crippen LogP contribution < -0.4 is 0 Å². The van der Waals surface area contributed by atoms with E-state index in [0.717, 1.165) is 37.1 Å². The van der Waals surface area contributed by atoms with Crippen molar-refractivity contribution in [2.45, 2.75) is 51.1 Å². The predicted octanol–water partition coefficient (Wildman–Crippen LogP) is 2.04.